The van der Waals surface area contributed by atoms with E-state index >= 15 is 0 Å². The van der Waals surface area contributed by atoms with E-state index in [-0.39, 0.29) is 5.91 Å². The summed E-state index contributed by atoms with van der Waals surface area (Å²) < 4.78 is 0. The van der Waals surface area contributed by atoms with Crippen molar-refractivity contribution in [3.05, 3.63) is 12.2 Å². The molecule has 0 aromatic heterocycles. The Kier molecular flexibility index (Phi) is 1.37. The summed E-state index contributed by atoms with van der Waals surface area (Å²) in [5.74, 6) is -0.312. The molecule has 1 N–H and O–H groups in total. The highest BCUT2D eigenvalue weighted by Crippen LogP contribution is 2.09. The lowest BCUT2D eigenvalue weighted by Gasteiger charge is -1.99. The van der Waals surface area contributed by atoms with Gasteiger partial charge >= 0.3 is 0 Å². The second-order valence-electron chi connectivity index (χ2n) is 1.94. The van der Waals surface area contributed by atoms with Gasteiger partial charge in [-0.05, 0) is 6.92 Å². The van der Waals surface area contributed by atoms with Crippen LogP contribution in [0, 0.1) is 5.41 Å². The molecular weight excluding hydrogens is 130 g/mol. The molecule has 1 aliphatic rings. The van der Waals surface area contributed by atoms with Crippen molar-refractivity contribution in [1.29, 1.82) is 5.41 Å². The molecule has 0 saturated heterocycles. The molecule has 0 aromatic rings. The second kappa shape index (κ2) is 2.06. The molecule has 0 spiro atoms. The molecule has 0 unspecified atom stereocenters. The van der Waals surface area contributed by atoms with Crippen LogP contribution < -0.4 is 0 Å². The first-order valence-electron chi connectivity index (χ1n) is 2.75. The molecule has 1 aliphatic heterocycles. The zero-order valence-corrected chi connectivity index (χ0v) is 5.59. The molecule has 0 saturated carbocycles. The normalized spacial score (nSPS) is 17.7. The van der Waals surface area contributed by atoms with E-state index in [1.807, 2.05) is 0 Å². The van der Waals surface area contributed by atoms with Crippen LogP contribution in [0.15, 0.2) is 17.3 Å². The monoisotopic (exact) mass is 137 g/mol. The number of carbonyl (C=O) groups excluding carboxylic acids is 1. The summed E-state index contributed by atoms with van der Waals surface area (Å²) >= 11 is 0. The van der Waals surface area contributed by atoms with Crippen LogP contribution in [0.1, 0.15) is 6.92 Å². The lowest BCUT2D eigenvalue weighted by atomic mass is 10.2. The Morgan fingerprint density at radius 1 is 1.80 bits per heavy atom. The fraction of sp³-hybridized carbons (Fsp3) is 0.167. The van der Waals surface area contributed by atoms with Gasteiger partial charge in [-0.1, -0.05) is 6.58 Å². The van der Waals surface area contributed by atoms with Crippen LogP contribution in [-0.4, -0.2) is 23.0 Å². The van der Waals surface area contributed by atoms with Crippen LogP contribution in [-0.2, 0) is 4.79 Å². The van der Waals surface area contributed by atoms with Gasteiger partial charge in [0.15, 0.2) is 0 Å². The minimum Gasteiger partial charge on any atom is -0.289 e. The lowest BCUT2D eigenvalue weighted by Crippen LogP contribution is -2.19. The Bertz CT molecular complexity index is 241. The number of amides is 1. The number of rotatable bonds is 1. The maximum atomic E-state index is 10.9. The Morgan fingerprint density at radius 2 is 2.40 bits per heavy atom. The summed E-state index contributed by atoms with van der Waals surface area (Å²) in [6.07, 6.45) is 0.865. The third-order valence-corrected chi connectivity index (χ3v) is 1.28. The quantitative estimate of drug-likeness (QED) is 0.317. The maximum Gasteiger partial charge on any atom is 0.280 e. The molecule has 1 heterocycles. The molecule has 0 fully saturated rings. The van der Waals surface area contributed by atoms with Crippen molar-refractivity contribution < 1.29 is 4.79 Å². The molecular formula is C6H7N3O. The number of hydrazone groups is 1. The minimum absolute atomic E-state index is 0.312. The largest absolute Gasteiger partial charge is 0.289 e. The predicted molar refractivity (Wildman–Crippen MR) is 37.9 cm³/mol. The summed E-state index contributed by atoms with van der Waals surface area (Å²) in [7, 11) is 0. The van der Waals surface area contributed by atoms with Crippen molar-refractivity contribution in [2.75, 3.05) is 0 Å². The van der Waals surface area contributed by atoms with Gasteiger partial charge in [-0.3, -0.25) is 10.2 Å². The van der Waals surface area contributed by atoms with Gasteiger partial charge in [0.2, 0.25) is 0 Å². The smallest absolute Gasteiger partial charge is 0.280 e. The molecule has 1 amide bonds. The van der Waals surface area contributed by atoms with E-state index in [4.69, 9.17) is 5.41 Å². The van der Waals surface area contributed by atoms with Crippen molar-refractivity contribution >= 4 is 18.0 Å². The average Bonchev–Trinajstić information content (AvgIpc) is 2.17. The first-order chi connectivity index (χ1) is 4.66. The van der Waals surface area contributed by atoms with E-state index in [1.54, 1.807) is 6.92 Å². The van der Waals surface area contributed by atoms with E-state index in [0.29, 0.717) is 11.3 Å². The van der Waals surface area contributed by atoms with Crippen LogP contribution in [0.25, 0.3) is 0 Å². The van der Waals surface area contributed by atoms with E-state index in [2.05, 4.69) is 11.7 Å². The number of carbonyl (C=O) groups is 1. The summed E-state index contributed by atoms with van der Waals surface area (Å²) in [5, 5.41) is 11.4. The second-order valence-corrected chi connectivity index (χ2v) is 1.94. The third-order valence-electron chi connectivity index (χ3n) is 1.28. The van der Waals surface area contributed by atoms with E-state index in [1.165, 1.54) is 0 Å². The highest BCUT2D eigenvalue weighted by Gasteiger charge is 2.23. The van der Waals surface area contributed by atoms with Gasteiger partial charge in [0.1, 0.15) is 6.34 Å². The van der Waals surface area contributed by atoms with Crippen LogP contribution in [0.3, 0.4) is 0 Å². The summed E-state index contributed by atoms with van der Waals surface area (Å²) in [4.78, 5) is 10.9. The standard InChI is InChI=1S/C6H7N3O/c1-4-5(2)8-9(3-7)6(4)10/h3,7H,1H2,2H3. The predicted octanol–water partition coefficient (Wildman–Crippen LogP) is 0.368. The average molecular weight is 137 g/mol. The Morgan fingerprint density at radius 3 is 2.60 bits per heavy atom. The topological polar surface area (TPSA) is 56.5 Å². The summed E-state index contributed by atoms with van der Waals surface area (Å²) in [6, 6.07) is 0. The van der Waals surface area contributed by atoms with Gasteiger partial charge < -0.3 is 0 Å². The molecule has 0 aromatic carbocycles. The molecule has 4 heteroatoms. The van der Waals surface area contributed by atoms with Crippen molar-refractivity contribution in [1.82, 2.24) is 5.01 Å². The first kappa shape index (κ1) is 6.67. The van der Waals surface area contributed by atoms with Gasteiger partial charge in [-0.2, -0.15) is 10.1 Å². The molecule has 0 bridgehead atoms. The van der Waals surface area contributed by atoms with Crippen molar-refractivity contribution in [2.45, 2.75) is 6.92 Å². The summed E-state index contributed by atoms with van der Waals surface area (Å²) in [5.41, 5.74) is 0.942. The van der Waals surface area contributed by atoms with Gasteiger partial charge in [0.25, 0.3) is 5.91 Å². The third kappa shape index (κ3) is 0.737. The Labute approximate surface area is 58.3 Å². The lowest BCUT2D eigenvalue weighted by molar-refractivity contribution is -0.122. The van der Waals surface area contributed by atoms with Gasteiger partial charge in [0, 0.05) is 0 Å². The van der Waals surface area contributed by atoms with Gasteiger partial charge in [-0.15, -0.1) is 0 Å². The van der Waals surface area contributed by atoms with Crippen LogP contribution in [0.2, 0.25) is 0 Å². The van der Waals surface area contributed by atoms with Crippen LogP contribution >= 0.6 is 0 Å². The van der Waals surface area contributed by atoms with Gasteiger partial charge in [-0.25, -0.2) is 0 Å². The van der Waals surface area contributed by atoms with E-state index in [9.17, 15) is 4.79 Å². The number of hydrogen-bond donors (Lipinski definition) is 1. The molecule has 10 heavy (non-hydrogen) atoms. The Balaban J connectivity index is 2.97. The number of hydrogen-bond acceptors (Lipinski definition) is 3. The summed E-state index contributed by atoms with van der Waals surface area (Å²) in [6.45, 7) is 5.17. The molecule has 4 nitrogen and oxygen atoms in total. The molecule has 0 radical (unpaired) electrons. The minimum atomic E-state index is -0.312. The van der Waals surface area contributed by atoms with Crippen molar-refractivity contribution in [3.63, 3.8) is 0 Å². The van der Waals surface area contributed by atoms with E-state index < -0.39 is 0 Å². The fourth-order valence-electron chi connectivity index (χ4n) is 0.648. The van der Waals surface area contributed by atoms with Gasteiger partial charge in [0.05, 0.1) is 11.3 Å². The maximum absolute atomic E-state index is 10.9. The first-order valence-corrected chi connectivity index (χ1v) is 2.75. The molecule has 52 valence electrons. The SMILES string of the molecule is C=C1C(=O)N(C=N)N=C1C. The molecule has 1 rings (SSSR count). The van der Waals surface area contributed by atoms with Crippen LogP contribution in [0.5, 0.6) is 0 Å². The highest BCUT2D eigenvalue weighted by molar-refractivity contribution is 6.25. The fourth-order valence-corrected chi connectivity index (χ4v) is 0.648. The van der Waals surface area contributed by atoms with Crippen molar-refractivity contribution in [2.24, 2.45) is 5.10 Å². The zero-order chi connectivity index (χ0) is 7.72. The zero-order valence-electron chi connectivity index (χ0n) is 5.59. The highest BCUT2D eigenvalue weighted by atomic mass is 16.2. The molecule has 0 atom stereocenters. The molecule has 0 aliphatic carbocycles. The van der Waals surface area contributed by atoms with Crippen molar-refractivity contribution in [3.8, 4) is 0 Å². The van der Waals surface area contributed by atoms with Crippen LogP contribution in [0.4, 0.5) is 0 Å². The van der Waals surface area contributed by atoms with E-state index in [0.717, 1.165) is 11.3 Å². The number of nitrogens with one attached hydrogen (secondary N) is 1. The number of nitrogens with zero attached hydrogens (tertiary/aromatic N) is 2. The Hall–Kier alpha value is -1.45.